The number of methoxy groups -OCH3 is 2. The van der Waals surface area contributed by atoms with Gasteiger partial charge in [0.15, 0.2) is 5.60 Å². The van der Waals surface area contributed by atoms with Gasteiger partial charge in [0.2, 0.25) is 0 Å². The van der Waals surface area contributed by atoms with E-state index in [4.69, 9.17) is 23.0 Å². The third kappa shape index (κ3) is 3.01. The predicted octanol–water partition coefficient (Wildman–Crippen LogP) is 8.33. The Morgan fingerprint density at radius 2 is 1.36 bits per heavy atom. The van der Waals surface area contributed by atoms with Gasteiger partial charge < -0.3 is 23.0 Å². The van der Waals surface area contributed by atoms with Crippen LogP contribution in [0.15, 0.2) is 118 Å². The maximum Gasteiger partial charge on any atom is 0.154 e. The molecule has 3 atom stereocenters. The van der Waals surface area contributed by atoms with Crippen molar-refractivity contribution >= 4 is 68.6 Å². The van der Waals surface area contributed by atoms with Gasteiger partial charge in [-0.1, -0.05) is 63.2 Å². The first kappa shape index (κ1) is 24.6. The summed E-state index contributed by atoms with van der Waals surface area (Å²) in [5.74, 6) is 1.55. The second kappa shape index (κ2) is 8.63. The molecule has 0 bridgehead atoms. The molecule has 5 nitrogen and oxygen atoms in total. The lowest BCUT2D eigenvalue weighted by Gasteiger charge is -2.26. The van der Waals surface area contributed by atoms with Crippen molar-refractivity contribution in [2.45, 2.75) is 11.7 Å². The molecule has 6 heteroatoms. The van der Waals surface area contributed by atoms with Crippen LogP contribution in [0.25, 0.3) is 60.6 Å². The number of hydrogen-bond acceptors (Lipinski definition) is 5. The van der Waals surface area contributed by atoms with Crippen molar-refractivity contribution in [3.63, 3.8) is 0 Å². The molecule has 2 aliphatic heterocycles. The molecule has 1 aliphatic carbocycles. The van der Waals surface area contributed by atoms with E-state index in [0.717, 1.165) is 83.2 Å². The van der Waals surface area contributed by atoms with Crippen LogP contribution in [0.4, 0.5) is 0 Å². The van der Waals surface area contributed by atoms with Gasteiger partial charge in [0.25, 0.3) is 0 Å². The van der Waals surface area contributed by atoms with Crippen LogP contribution in [-0.4, -0.2) is 20.3 Å². The number of benzene rings is 5. The quantitative estimate of drug-likeness (QED) is 0.149. The zero-order valence-corrected chi connectivity index (χ0v) is 24.9. The molecule has 0 radical (unpaired) electrons. The zero-order chi connectivity index (χ0) is 29.2. The summed E-state index contributed by atoms with van der Waals surface area (Å²) < 4.78 is 32.0. The van der Waals surface area contributed by atoms with Crippen molar-refractivity contribution in [2.75, 3.05) is 14.2 Å². The average molecular weight is 593 g/mol. The van der Waals surface area contributed by atoms with E-state index >= 15 is 0 Å². The topological polar surface area (TPSA) is 57.3 Å². The Morgan fingerprint density at radius 3 is 2.09 bits per heavy atom. The fourth-order valence-corrected chi connectivity index (χ4v) is 9.32. The minimum absolute atomic E-state index is 0.135. The normalized spacial score (nSPS) is 20.5. The highest BCUT2D eigenvalue weighted by atomic mass is 31.1. The van der Waals surface area contributed by atoms with Gasteiger partial charge in [0.05, 0.1) is 14.2 Å². The number of para-hydroxylation sites is 2. The first-order valence-electron chi connectivity index (χ1n) is 14.7. The molecule has 7 aromatic rings. The molecule has 3 aliphatic rings. The number of fused-ring (bicyclic) bond motifs is 13. The highest BCUT2D eigenvalue weighted by Crippen LogP contribution is 2.63. The van der Waals surface area contributed by atoms with E-state index in [1.807, 2.05) is 36.4 Å². The van der Waals surface area contributed by atoms with Crippen molar-refractivity contribution in [1.82, 2.24) is 0 Å². The van der Waals surface area contributed by atoms with Crippen molar-refractivity contribution in [2.24, 2.45) is 0 Å². The molecule has 1 fully saturated rings. The lowest BCUT2D eigenvalue weighted by atomic mass is 9.77. The maximum atomic E-state index is 6.83. The van der Waals surface area contributed by atoms with Crippen LogP contribution in [0.5, 0.6) is 5.75 Å². The average Bonchev–Trinajstić information content (AvgIpc) is 3.48. The van der Waals surface area contributed by atoms with Gasteiger partial charge in [-0.05, 0) is 70.3 Å². The molecule has 3 unspecified atom stereocenters. The highest BCUT2D eigenvalue weighted by molar-refractivity contribution is 7.57. The third-order valence-electron chi connectivity index (χ3n) is 9.44. The molecule has 2 aromatic heterocycles. The lowest BCUT2D eigenvalue weighted by Crippen LogP contribution is -2.25. The molecule has 1 spiro atoms. The van der Waals surface area contributed by atoms with Gasteiger partial charge in [-0.2, -0.15) is 0 Å². The summed E-state index contributed by atoms with van der Waals surface area (Å²) in [5, 5.41) is 6.90. The molecular formula is C38H25O5P. The third-order valence-corrected chi connectivity index (χ3v) is 11.0. The molecule has 10 rings (SSSR count). The Bertz CT molecular complexity index is 2440. The summed E-state index contributed by atoms with van der Waals surface area (Å²) in [5.41, 5.74) is 8.08. The zero-order valence-electron chi connectivity index (χ0n) is 23.9. The first-order valence-corrected chi connectivity index (χ1v) is 15.7. The van der Waals surface area contributed by atoms with Crippen LogP contribution in [0.2, 0.25) is 0 Å². The largest absolute Gasteiger partial charge is 0.496 e. The van der Waals surface area contributed by atoms with E-state index in [1.54, 1.807) is 14.2 Å². The number of epoxide rings is 1. The summed E-state index contributed by atoms with van der Waals surface area (Å²) in [7, 11) is 3.75. The van der Waals surface area contributed by atoms with Crippen LogP contribution < -0.4 is 15.3 Å². The second-order valence-electron chi connectivity index (χ2n) is 11.5. The molecule has 0 saturated carbocycles. The fraction of sp³-hybridized carbons (Fsp3) is 0.105. The Kier molecular flexibility index (Phi) is 4.82. The summed E-state index contributed by atoms with van der Waals surface area (Å²) in [6, 6.07) is 31.5. The standard InChI is InChI=1S/C38H25O5P/c1-39-27-13-7-10-20-21-14-16-28-33(22-8-3-5-11-25(22)41-28)36(21)44-37-24(15-17-29-34(37)23-9-4-6-12-26(23)42-29)38-31(43-38)19-18-30(40-2)35(38)32(20)27/h3-19,31,44H,1-2H3. The Hall–Kier alpha value is -4.83. The van der Waals surface area contributed by atoms with Gasteiger partial charge in [-0.3, -0.25) is 0 Å². The van der Waals surface area contributed by atoms with Gasteiger partial charge in [-0.15, -0.1) is 0 Å². The molecule has 212 valence electrons. The monoisotopic (exact) mass is 592 g/mol. The van der Waals surface area contributed by atoms with E-state index in [1.165, 1.54) is 10.6 Å². The smallest absolute Gasteiger partial charge is 0.154 e. The number of hydrogen-bond donors (Lipinski definition) is 0. The first-order chi connectivity index (χ1) is 21.7. The van der Waals surface area contributed by atoms with Crippen LogP contribution in [0, 0.1) is 0 Å². The Balaban J connectivity index is 1.45. The van der Waals surface area contributed by atoms with Crippen LogP contribution in [0.1, 0.15) is 11.1 Å². The fourth-order valence-electron chi connectivity index (χ4n) is 7.55. The maximum absolute atomic E-state index is 6.83. The highest BCUT2D eigenvalue weighted by Gasteiger charge is 2.64. The van der Waals surface area contributed by atoms with Crippen LogP contribution in [-0.2, 0) is 15.1 Å². The summed E-state index contributed by atoms with van der Waals surface area (Å²) in [6.07, 6.45) is 4.03. The number of allylic oxidation sites excluding steroid dienone is 1. The molecule has 5 aromatic carbocycles. The molecule has 0 amide bonds. The molecule has 4 heterocycles. The van der Waals surface area contributed by atoms with Gasteiger partial charge in [0, 0.05) is 38.2 Å². The van der Waals surface area contributed by atoms with Gasteiger partial charge in [0.1, 0.15) is 39.9 Å². The molecule has 0 N–H and O–H groups in total. The van der Waals surface area contributed by atoms with Crippen LogP contribution >= 0.6 is 8.58 Å². The van der Waals surface area contributed by atoms with Crippen molar-refractivity contribution in [3.8, 4) is 16.9 Å². The van der Waals surface area contributed by atoms with Gasteiger partial charge >= 0.3 is 0 Å². The number of ether oxygens (including phenoxy) is 3. The summed E-state index contributed by atoms with van der Waals surface area (Å²) in [6.45, 7) is 0. The van der Waals surface area contributed by atoms with E-state index in [9.17, 15) is 0 Å². The van der Waals surface area contributed by atoms with E-state index in [0.29, 0.717) is 0 Å². The Labute approximate surface area is 254 Å². The lowest BCUT2D eigenvalue weighted by molar-refractivity contribution is 0.299. The number of rotatable bonds is 2. The van der Waals surface area contributed by atoms with E-state index < -0.39 is 5.60 Å². The van der Waals surface area contributed by atoms with E-state index in [-0.39, 0.29) is 14.7 Å². The molecule has 44 heavy (non-hydrogen) atoms. The summed E-state index contributed by atoms with van der Waals surface area (Å²) >= 11 is 0. The van der Waals surface area contributed by atoms with E-state index in [2.05, 4.69) is 66.7 Å². The van der Waals surface area contributed by atoms with Crippen molar-refractivity contribution in [1.29, 1.82) is 0 Å². The molecular weight excluding hydrogens is 567 g/mol. The Morgan fingerprint density at radius 1 is 0.659 bits per heavy atom. The van der Waals surface area contributed by atoms with Crippen molar-refractivity contribution in [3.05, 3.63) is 120 Å². The minimum Gasteiger partial charge on any atom is -0.496 e. The molecule has 1 saturated heterocycles. The van der Waals surface area contributed by atoms with Crippen molar-refractivity contribution < 1.29 is 23.0 Å². The summed E-state index contributed by atoms with van der Waals surface area (Å²) in [4.78, 5) is 0. The second-order valence-corrected chi connectivity index (χ2v) is 12.8. The predicted molar refractivity (Wildman–Crippen MR) is 177 cm³/mol. The SMILES string of the molecule is COC1=C2c3c(OC)cccc3-c3ccc4oc5ccccc5c4c3Pc3c(ccc4oc5ccccc5c34)C23OC3C=C1. The minimum atomic E-state index is -0.738. The van der Waals surface area contributed by atoms with Gasteiger partial charge in [-0.25, -0.2) is 0 Å². The number of furan rings is 2. The van der Waals surface area contributed by atoms with Crippen LogP contribution in [0.3, 0.4) is 0 Å².